The van der Waals surface area contributed by atoms with Crippen LogP contribution in [0.3, 0.4) is 0 Å². The molecule has 3 heteroatoms. The van der Waals surface area contributed by atoms with Crippen molar-refractivity contribution < 1.29 is 9.53 Å². The summed E-state index contributed by atoms with van der Waals surface area (Å²) in [5, 5.41) is 3.15. The highest BCUT2D eigenvalue weighted by atomic mass is 16.5. The first-order valence-corrected chi connectivity index (χ1v) is 6.18. The molecule has 98 valence electrons. The number of aryl methyl sites for hydroxylation is 1. The highest BCUT2D eigenvalue weighted by molar-refractivity contribution is 5.78. The van der Waals surface area contributed by atoms with Crippen molar-refractivity contribution in [3.63, 3.8) is 0 Å². The van der Waals surface area contributed by atoms with E-state index in [9.17, 15) is 4.79 Å². The summed E-state index contributed by atoms with van der Waals surface area (Å²) in [5.74, 6) is -0.243. The number of hydrogen-bond donors (Lipinski definition) is 1. The van der Waals surface area contributed by atoms with E-state index in [1.807, 2.05) is 39.0 Å². The highest BCUT2D eigenvalue weighted by Gasteiger charge is 2.22. The Morgan fingerprint density at radius 1 is 1.50 bits per heavy atom. The fraction of sp³-hybridized carbons (Fsp3) is 0.400. The van der Waals surface area contributed by atoms with E-state index in [-0.39, 0.29) is 5.97 Å². The maximum atomic E-state index is 12.0. The summed E-state index contributed by atoms with van der Waals surface area (Å²) in [6.07, 6.45) is 1.73. The van der Waals surface area contributed by atoms with Gasteiger partial charge in [0, 0.05) is 6.54 Å². The minimum atomic E-state index is -0.428. The van der Waals surface area contributed by atoms with Gasteiger partial charge in [0.2, 0.25) is 0 Å². The molecule has 1 aromatic rings. The average molecular weight is 247 g/mol. The SMILES string of the molecule is C=CCNC(C(=O)OCC)c1cccc(C)c1C. The lowest BCUT2D eigenvalue weighted by Gasteiger charge is -2.19. The van der Waals surface area contributed by atoms with Gasteiger partial charge in [0.15, 0.2) is 0 Å². The van der Waals surface area contributed by atoms with Crippen LogP contribution in [0.2, 0.25) is 0 Å². The van der Waals surface area contributed by atoms with Crippen LogP contribution in [0.25, 0.3) is 0 Å². The predicted octanol–water partition coefficient (Wildman–Crippen LogP) is 2.68. The molecule has 1 N–H and O–H groups in total. The number of rotatable bonds is 6. The second-order valence-electron chi connectivity index (χ2n) is 4.17. The standard InChI is InChI=1S/C15H21NO2/c1-5-10-16-14(15(17)18-6-2)13-9-7-8-11(3)12(13)4/h5,7-9,14,16H,1,6,10H2,2-4H3. The third-order valence-electron chi connectivity index (χ3n) is 2.95. The molecule has 0 bridgehead atoms. The van der Waals surface area contributed by atoms with Crippen molar-refractivity contribution in [2.75, 3.05) is 13.2 Å². The zero-order valence-corrected chi connectivity index (χ0v) is 11.3. The number of ether oxygens (including phenoxy) is 1. The summed E-state index contributed by atoms with van der Waals surface area (Å²) in [5.41, 5.74) is 3.25. The minimum Gasteiger partial charge on any atom is -0.465 e. The van der Waals surface area contributed by atoms with Gasteiger partial charge in [-0.1, -0.05) is 24.3 Å². The normalized spacial score (nSPS) is 11.9. The van der Waals surface area contributed by atoms with Crippen LogP contribution in [-0.2, 0) is 9.53 Å². The van der Waals surface area contributed by atoms with Gasteiger partial charge in [-0.25, -0.2) is 4.79 Å². The van der Waals surface area contributed by atoms with E-state index in [1.165, 1.54) is 5.56 Å². The molecule has 1 rings (SSSR count). The molecule has 18 heavy (non-hydrogen) atoms. The predicted molar refractivity (Wildman–Crippen MR) is 73.5 cm³/mol. The van der Waals surface area contributed by atoms with Crippen LogP contribution in [0.1, 0.15) is 29.7 Å². The Hall–Kier alpha value is -1.61. The van der Waals surface area contributed by atoms with Crippen LogP contribution in [0, 0.1) is 13.8 Å². The number of hydrogen-bond acceptors (Lipinski definition) is 3. The van der Waals surface area contributed by atoms with E-state index in [0.717, 1.165) is 11.1 Å². The first-order valence-electron chi connectivity index (χ1n) is 6.18. The van der Waals surface area contributed by atoms with Crippen molar-refractivity contribution in [3.8, 4) is 0 Å². The fourth-order valence-electron chi connectivity index (χ4n) is 1.83. The van der Waals surface area contributed by atoms with Crippen LogP contribution in [-0.4, -0.2) is 19.1 Å². The monoisotopic (exact) mass is 247 g/mol. The van der Waals surface area contributed by atoms with Gasteiger partial charge in [-0.05, 0) is 37.5 Å². The Balaban J connectivity index is 3.04. The summed E-state index contributed by atoms with van der Waals surface area (Å²) in [7, 11) is 0. The molecule has 0 heterocycles. The zero-order valence-electron chi connectivity index (χ0n) is 11.3. The molecule has 1 aromatic carbocycles. The zero-order chi connectivity index (χ0) is 13.5. The van der Waals surface area contributed by atoms with Crippen molar-refractivity contribution in [1.82, 2.24) is 5.32 Å². The molecular formula is C15H21NO2. The van der Waals surface area contributed by atoms with Crippen molar-refractivity contribution in [1.29, 1.82) is 0 Å². The number of esters is 1. The maximum Gasteiger partial charge on any atom is 0.327 e. The van der Waals surface area contributed by atoms with Gasteiger partial charge in [-0.15, -0.1) is 6.58 Å². The van der Waals surface area contributed by atoms with Gasteiger partial charge in [0.25, 0.3) is 0 Å². The van der Waals surface area contributed by atoms with E-state index >= 15 is 0 Å². The summed E-state index contributed by atoms with van der Waals surface area (Å²) < 4.78 is 5.11. The van der Waals surface area contributed by atoms with Crippen LogP contribution < -0.4 is 5.32 Å². The number of carbonyl (C=O) groups excluding carboxylic acids is 1. The number of nitrogens with one attached hydrogen (secondary N) is 1. The van der Waals surface area contributed by atoms with E-state index < -0.39 is 6.04 Å². The van der Waals surface area contributed by atoms with Gasteiger partial charge in [-0.2, -0.15) is 0 Å². The average Bonchev–Trinajstić information content (AvgIpc) is 2.35. The topological polar surface area (TPSA) is 38.3 Å². The minimum absolute atomic E-state index is 0.243. The van der Waals surface area contributed by atoms with Crippen LogP contribution in [0.15, 0.2) is 30.9 Å². The van der Waals surface area contributed by atoms with Gasteiger partial charge in [-0.3, -0.25) is 5.32 Å². The molecule has 0 aromatic heterocycles. The lowest BCUT2D eigenvalue weighted by molar-refractivity contribution is -0.145. The molecule has 0 aliphatic rings. The molecule has 0 saturated carbocycles. The lowest BCUT2D eigenvalue weighted by Crippen LogP contribution is -2.31. The molecule has 1 unspecified atom stereocenters. The van der Waals surface area contributed by atoms with E-state index in [4.69, 9.17) is 4.74 Å². The molecule has 0 saturated heterocycles. The van der Waals surface area contributed by atoms with Crippen LogP contribution >= 0.6 is 0 Å². The quantitative estimate of drug-likeness (QED) is 0.620. The first kappa shape index (κ1) is 14.5. The van der Waals surface area contributed by atoms with Gasteiger partial charge < -0.3 is 4.74 Å². The van der Waals surface area contributed by atoms with Crippen molar-refractivity contribution in [2.24, 2.45) is 0 Å². The Kier molecular flexibility index (Phi) is 5.59. The molecule has 1 atom stereocenters. The highest BCUT2D eigenvalue weighted by Crippen LogP contribution is 2.21. The van der Waals surface area contributed by atoms with Gasteiger partial charge in [0.1, 0.15) is 6.04 Å². The fourth-order valence-corrected chi connectivity index (χ4v) is 1.83. The summed E-state index contributed by atoms with van der Waals surface area (Å²) in [4.78, 5) is 12.0. The summed E-state index contributed by atoms with van der Waals surface area (Å²) in [6, 6.07) is 5.52. The third-order valence-corrected chi connectivity index (χ3v) is 2.95. The van der Waals surface area contributed by atoms with Crippen molar-refractivity contribution >= 4 is 5.97 Å². The molecule has 0 amide bonds. The Morgan fingerprint density at radius 2 is 2.22 bits per heavy atom. The molecule has 0 fully saturated rings. The summed E-state index contributed by atoms with van der Waals surface area (Å²) >= 11 is 0. The van der Waals surface area contributed by atoms with Crippen molar-refractivity contribution in [2.45, 2.75) is 26.8 Å². The molecule has 0 aliphatic carbocycles. The van der Waals surface area contributed by atoms with Gasteiger partial charge in [0.05, 0.1) is 6.61 Å². The van der Waals surface area contributed by atoms with Crippen LogP contribution in [0.5, 0.6) is 0 Å². The second-order valence-corrected chi connectivity index (χ2v) is 4.17. The summed E-state index contributed by atoms with van der Waals surface area (Å²) in [6.45, 7) is 10.5. The Morgan fingerprint density at radius 3 is 2.83 bits per heavy atom. The Bertz CT molecular complexity index is 427. The second kappa shape index (κ2) is 6.97. The molecule has 0 spiro atoms. The first-order chi connectivity index (χ1) is 8.61. The number of benzene rings is 1. The Labute approximate surface area is 109 Å². The van der Waals surface area contributed by atoms with E-state index in [2.05, 4.69) is 11.9 Å². The smallest absolute Gasteiger partial charge is 0.327 e. The van der Waals surface area contributed by atoms with E-state index in [0.29, 0.717) is 13.2 Å². The third kappa shape index (κ3) is 3.44. The number of carbonyl (C=O) groups is 1. The molecule has 0 aliphatic heterocycles. The molecule has 0 radical (unpaired) electrons. The van der Waals surface area contributed by atoms with Crippen LogP contribution in [0.4, 0.5) is 0 Å². The van der Waals surface area contributed by atoms with Gasteiger partial charge >= 0.3 is 5.97 Å². The van der Waals surface area contributed by atoms with E-state index in [1.54, 1.807) is 6.08 Å². The molecular weight excluding hydrogens is 226 g/mol. The van der Waals surface area contributed by atoms with Crippen molar-refractivity contribution in [3.05, 3.63) is 47.5 Å². The largest absolute Gasteiger partial charge is 0.465 e. The lowest BCUT2D eigenvalue weighted by atomic mass is 9.97. The molecule has 3 nitrogen and oxygen atoms in total. The maximum absolute atomic E-state index is 12.0.